The Hall–Kier alpha value is -0.980. The molecule has 0 aliphatic heterocycles. The molecule has 2 aromatic heterocycles. The molecular weight excluding hydrogens is 258 g/mol. The maximum absolute atomic E-state index is 6.07. The summed E-state index contributed by atoms with van der Waals surface area (Å²) in [6.45, 7) is 0.633. The summed E-state index contributed by atoms with van der Waals surface area (Å²) in [5, 5.41) is 17.3. The van der Waals surface area contributed by atoms with Crippen LogP contribution in [0.1, 0.15) is 35.1 Å². The van der Waals surface area contributed by atoms with Crippen LogP contribution in [-0.4, -0.2) is 20.6 Å². The molecule has 1 atom stereocenters. The van der Waals surface area contributed by atoms with Crippen LogP contribution in [-0.2, 0) is 13.0 Å². The van der Waals surface area contributed by atoms with Crippen LogP contribution in [0.4, 0.5) is 0 Å². The summed E-state index contributed by atoms with van der Waals surface area (Å²) in [5.41, 5.74) is 1.34. The number of nitrogens with one attached hydrogen (secondary N) is 2. The summed E-state index contributed by atoms with van der Waals surface area (Å²) >= 11 is 7.76. The summed E-state index contributed by atoms with van der Waals surface area (Å²) in [6, 6.07) is 2.44. The van der Waals surface area contributed by atoms with E-state index in [0.29, 0.717) is 18.4 Å². The number of thiophene rings is 1. The molecule has 17 heavy (non-hydrogen) atoms. The zero-order valence-corrected chi connectivity index (χ0v) is 10.7. The number of nitrogens with zero attached hydrogens (tertiary/aromatic N) is 3. The van der Waals surface area contributed by atoms with Gasteiger partial charge in [0.05, 0.1) is 10.9 Å². The fourth-order valence-electron chi connectivity index (χ4n) is 2.21. The van der Waals surface area contributed by atoms with Gasteiger partial charge in [-0.3, -0.25) is 0 Å². The minimum Gasteiger partial charge on any atom is -0.303 e. The summed E-state index contributed by atoms with van der Waals surface area (Å²) in [7, 11) is 0. The largest absolute Gasteiger partial charge is 0.303 e. The number of halogens is 1. The zero-order chi connectivity index (χ0) is 11.7. The molecule has 2 aromatic rings. The van der Waals surface area contributed by atoms with Crippen LogP contribution >= 0.6 is 22.9 Å². The Bertz CT molecular complexity index is 495. The highest BCUT2D eigenvalue weighted by Crippen LogP contribution is 2.37. The second-order valence-corrected chi connectivity index (χ2v) is 5.85. The molecular formula is C10H12ClN5S. The highest BCUT2D eigenvalue weighted by molar-refractivity contribution is 7.16. The van der Waals surface area contributed by atoms with Crippen LogP contribution in [0.15, 0.2) is 6.07 Å². The monoisotopic (exact) mass is 269 g/mol. The van der Waals surface area contributed by atoms with Gasteiger partial charge in [0, 0.05) is 10.9 Å². The van der Waals surface area contributed by atoms with Gasteiger partial charge >= 0.3 is 0 Å². The molecule has 3 rings (SSSR count). The Morgan fingerprint density at radius 3 is 3.35 bits per heavy atom. The summed E-state index contributed by atoms with van der Waals surface area (Å²) in [4.78, 5) is 1.41. The number of aromatic nitrogens is 4. The summed E-state index contributed by atoms with van der Waals surface area (Å²) < 4.78 is 0.878. The molecule has 0 radical (unpaired) electrons. The highest BCUT2D eigenvalue weighted by Gasteiger charge is 2.22. The van der Waals surface area contributed by atoms with Crippen molar-refractivity contribution < 1.29 is 0 Å². The van der Waals surface area contributed by atoms with E-state index in [4.69, 9.17) is 11.6 Å². The molecule has 1 unspecified atom stereocenters. The van der Waals surface area contributed by atoms with Crippen molar-refractivity contribution in [1.82, 2.24) is 25.9 Å². The average Bonchev–Trinajstić information content (AvgIpc) is 2.93. The van der Waals surface area contributed by atoms with Gasteiger partial charge in [-0.05, 0) is 30.9 Å². The molecule has 0 spiro atoms. The Morgan fingerprint density at radius 2 is 2.53 bits per heavy atom. The molecule has 7 heteroatoms. The van der Waals surface area contributed by atoms with Gasteiger partial charge in [-0.15, -0.1) is 21.5 Å². The molecule has 1 aliphatic carbocycles. The smallest absolute Gasteiger partial charge is 0.188 e. The van der Waals surface area contributed by atoms with Gasteiger partial charge in [0.25, 0.3) is 0 Å². The first-order chi connectivity index (χ1) is 8.33. The van der Waals surface area contributed by atoms with E-state index in [2.05, 4.69) is 32.0 Å². The quantitative estimate of drug-likeness (QED) is 0.895. The standard InChI is InChI=1S/C10H12ClN5S/c11-9-4-6-7(2-1-3-8(6)17-9)12-5-10-13-15-16-14-10/h4,7,12H,1-3,5H2,(H,13,14,15,16). The van der Waals surface area contributed by atoms with Gasteiger partial charge < -0.3 is 5.32 Å². The number of fused-ring (bicyclic) bond motifs is 1. The Labute approximate surface area is 108 Å². The fourth-order valence-corrected chi connectivity index (χ4v) is 3.59. The molecule has 1 aliphatic rings. The Morgan fingerprint density at radius 1 is 1.59 bits per heavy atom. The third-order valence-corrected chi connectivity index (χ3v) is 4.32. The van der Waals surface area contributed by atoms with E-state index in [1.807, 2.05) is 0 Å². The molecule has 2 heterocycles. The number of tetrazole rings is 1. The molecule has 0 saturated carbocycles. The topological polar surface area (TPSA) is 66.5 Å². The maximum atomic E-state index is 6.07. The lowest BCUT2D eigenvalue weighted by atomic mass is 9.94. The highest BCUT2D eigenvalue weighted by atomic mass is 35.5. The lowest BCUT2D eigenvalue weighted by molar-refractivity contribution is 0.457. The van der Waals surface area contributed by atoms with Gasteiger partial charge in [0.15, 0.2) is 5.82 Å². The zero-order valence-electron chi connectivity index (χ0n) is 9.11. The summed E-state index contributed by atoms with van der Waals surface area (Å²) in [5.74, 6) is 0.693. The molecule has 0 amide bonds. The normalized spacial score (nSPS) is 19.2. The molecule has 2 N–H and O–H groups in total. The number of hydrogen-bond acceptors (Lipinski definition) is 5. The Balaban J connectivity index is 1.72. The predicted molar refractivity (Wildman–Crippen MR) is 66.0 cm³/mol. The molecule has 5 nitrogen and oxygen atoms in total. The van der Waals surface area contributed by atoms with E-state index in [0.717, 1.165) is 17.2 Å². The van der Waals surface area contributed by atoms with Gasteiger partial charge in [0.1, 0.15) is 0 Å². The number of rotatable bonds is 3. The lowest BCUT2D eigenvalue weighted by Gasteiger charge is -2.22. The minimum atomic E-state index is 0.362. The third kappa shape index (κ3) is 2.34. The number of aryl methyl sites for hydroxylation is 1. The fraction of sp³-hybridized carbons (Fsp3) is 0.500. The molecule has 0 fully saturated rings. The van der Waals surface area contributed by atoms with Gasteiger partial charge in [0.2, 0.25) is 0 Å². The van der Waals surface area contributed by atoms with Crippen molar-refractivity contribution in [3.8, 4) is 0 Å². The molecule has 0 bridgehead atoms. The predicted octanol–water partition coefficient (Wildman–Crippen LogP) is 2.08. The maximum Gasteiger partial charge on any atom is 0.188 e. The van der Waals surface area contributed by atoms with E-state index in [9.17, 15) is 0 Å². The van der Waals surface area contributed by atoms with Crippen molar-refractivity contribution in [2.24, 2.45) is 0 Å². The van der Waals surface area contributed by atoms with Crippen LogP contribution in [0.3, 0.4) is 0 Å². The number of hydrogen-bond donors (Lipinski definition) is 2. The third-order valence-electron chi connectivity index (χ3n) is 2.98. The SMILES string of the molecule is Clc1cc2c(s1)CCCC2NCc1nn[nH]n1. The molecule has 90 valence electrons. The van der Waals surface area contributed by atoms with Crippen LogP contribution < -0.4 is 5.32 Å². The molecule has 0 saturated heterocycles. The summed E-state index contributed by atoms with van der Waals surface area (Å²) in [6.07, 6.45) is 3.48. The Kier molecular flexibility index (Phi) is 3.09. The van der Waals surface area contributed by atoms with Crippen molar-refractivity contribution in [2.75, 3.05) is 0 Å². The first-order valence-electron chi connectivity index (χ1n) is 5.57. The van der Waals surface area contributed by atoms with Crippen LogP contribution in [0, 0.1) is 0 Å². The van der Waals surface area contributed by atoms with E-state index in [1.165, 1.54) is 16.9 Å². The average molecular weight is 270 g/mol. The van der Waals surface area contributed by atoms with Crippen LogP contribution in [0.2, 0.25) is 4.34 Å². The molecule has 0 aromatic carbocycles. The van der Waals surface area contributed by atoms with Gasteiger partial charge in [-0.2, -0.15) is 5.21 Å². The second kappa shape index (κ2) is 4.72. The van der Waals surface area contributed by atoms with Crippen molar-refractivity contribution in [3.63, 3.8) is 0 Å². The van der Waals surface area contributed by atoms with Crippen molar-refractivity contribution >= 4 is 22.9 Å². The number of aromatic amines is 1. The van der Waals surface area contributed by atoms with E-state index in [1.54, 1.807) is 11.3 Å². The van der Waals surface area contributed by atoms with Crippen molar-refractivity contribution in [3.05, 3.63) is 26.7 Å². The first kappa shape index (κ1) is 11.1. The second-order valence-electron chi connectivity index (χ2n) is 4.08. The van der Waals surface area contributed by atoms with E-state index in [-0.39, 0.29) is 0 Å². The van der Waals surface area contributed by atoms with Crippen molar-refractivity contribution in [2.45, 2.75) is 31.8 Å². The van der Waals surface area contributed by atoms with Crippen LogP contribution in [0.25, 0.3) is 0 Å². The van der Waals surface area contributed by atoms with E-state index < -0.39 is 0 Å². The van der Waals surface area contributed by atoms with E-state index >= 15 is 0 Å². The number of H-pyrrole nitrogens is 1. The van der Waals surface area contributed by atoms with Gasteiger partial charge in [-0.1, -0.05) is 16.8 Å². The lowest BCUT2D eigenvalue weighted by Crippen LogP contribution is -2.24. The van der Waals surface area contributed by atoms with Crippen LogP contribution in [0.5, 0.6) is 0 Å². The first-order valence-corrected chi connectivity index (χ1v) is 6.76. The minimum absolute atomic E-state index is 0.362. The van der Waals surface area contributed by atoms with Crippen molar-refractivity contribution in [1.29, 1.82) is 0 Å². The van der Waals surface area contributed by atoms with Gasteiger partial charge in [-0.25, -0.2) is 0 Å².